The van der Waals surface area contributed by atoms with Crippen LogP contribution in [0.2, 0.25) is 0 Å². The highest BCUT2D eigenvalue weighted by molar-refractivity contribution is 7.16. The van der Waals surface area contributed by atoms with Crippen molar-refractivity contribution in [3.63, 3.8) is 0 Å². The summed E-state index contributed by atoms with van der Waals surface area (Å²) in [5.74, 6) is 0. The second-order valence-electron chi connectivity index (χ2n) is 8.00. The van der Waals surface area contributed by atoms with Gasteiger partial charge in [-0.25, -0.2) is 4.98 Å². The summed E-state index contributed by atoms with van der Waals surface area (Å²) in [4.78, 5) is 4.45. The van der Waals surface area contributed by atoms with Gasteiger partial charge in [0.25, 0.3) is 0 Å². The van der Waals surface area contributed by atoms with Crippen LogP contribution in [0.25, 0.3) is 37.7 Å². The predicted molar refractivity (Wildman–Crippen MR) is 121 cm³/mol. The zero-order valence-electron chi connectivity index (χ0n) is 16.0. The van der Waals surface area contributed by atoms with Crippen LogP contribution in [0.3, 0.4) is 0 Å². The van der Waals surface area contributed by atoms with E-state index in [1.54, 1.807) is 16.9 Å². The molecule has 0 saturated heterocycles. The Kier molecular flexibility index (Phi) is 3.57. The van der Waals surface area contributed by atoms with Crippen LogP contribution in [0.1, 0.15) is 36.0 Å². The molecule has 4 aromatic rings. The van der Waals surface area contributed by atoms with Crippen molar-refractivity contribution in [1.29, 1.82) is 0 Å². The summed E-state index contributed by atoms with van der Waals surface area (Å²) in [6.45, 7) is 2.21. The summed E-state index contributed by atoms with van der Waals surface area (Å²) in [5.41, 5.74) is 13.1. The molecule has 3 aromatic carbocycles. The smallest absolute Gasteiger partial charge is 0.0812 e. The Labute approximate surface area is 169 Å². The van der Waals surface area contributed by atoms with Crippen LogP contribution < -0.4 is 0 Å². The van der Waals surface area contributed by atoms with Gasteiger partial charge in [-0.05, 0) is 88.9 Å². The third kappa shape index (κ3) is 2.41. The number of nitrogens with zero attached hydrogens (tertiary/aromatic N) is 1. The first-order valence-electron chi connectivity index (χ1n) is 10.1. The van der Waals surface area contributed by atoms with E-state index >= 15 is 0 Å². The van der Waals surface area contributed by atoms with E-state index < -0.39 is 0 Å². The molecule has 0 bridgehead atoms. The molecule has 6 rings (SSSR count). The van der Waals surface area contributed by atoms with Crippen LogP contribution in [0.15, 0.2) is 65.7 Å². The molecular formula is C26H21NS. The Morgan fingerprint density at radius 1 is 0.929 bits per heavy atom. The molecule has 2 heteroatoms. The molecule has 0 radical (unpaired) electrons. The maximum atomic E-state index is 4.45. The first kappa shape index (κ1) is 16.3. The summed E-state index contributed by atoms with van der Waals surface area (Å²) in [6, 6.07) is 16.1. The van der Waals surface area contributed by atoms with E-state index in [2.05, 4.69) is 66.5 Å². The Morgan fingerprint density at radius 3 is 2.86 bits per heavy atom. The number of thiazole rings is 1. The Morgan fingerprint density at radius 2 is 1.89 bits per heavy atom. The number of aromatic nitrogens is 1. The summed E-state index contributed by atoms with van der Waals surface area (Å²) < 4.78 is 1.26. The van der Waals surface area contributed by atoms with Crippen LogP contribution in [0, 0.1) is 6.92 Å². The molecular weight excluding hydrogens is 358 g/mol. The number of hydrogen-bond acceptors (Lipinski definition) is 2. The van der Waals surface area contributed by atoms with Crippen molar-refractivity contribution in [2.75, 3.05) is 0 Å². The van der Waals surface area contributed by atoms with Gasteiger partial charge in [0.05, 0.1) is 15.7 Å². The van der Waals surface area contributed by atoms with Crippen molar-refractivity contribution in [2.45, 2.75) is 32.6 Å². The maximum Gasteiger partial charge on any atom is 0.0812 e. The highest BCUT2D eigenvalue weighted by atomic mass is 32.1. The second-order valence-corrected chi connectivity index (χ2v) is 8.88. The number of hydrogen-bond donors (Lipinski definition) is 0. The monoisotopic (exact) mass is 379 g/mol. The topological polar surface area (TPSA) is 12.9 Å². The molecule has 1 aromatic heterocycles. The Bertz CT molecular complexity index is 1320. The van der Waals surface area contributed by atoms with E-state index in [0.717, 1.165) is 11.9 Å². The lowest BCUT2D eigenvalue weighted by Crippen LogP contribution is -2.07. The molecule has 0 saturated carbocycles. The van der Waals surface area contributed by atoms with Gasteiger partial charge in [-0.2, -0.15) is 0 Å². The fourth-order valence-electron chi connectivity index (χ4n) is 4.98. The molecule has 0 spiro atoms. The van der Waals surface area contributed by atoms with Crippen molar-refractivity contribution in [1.82, 2.24) is 4.98 Å². The van der Waals surface area contributed by atoms with Gasteiger partial charge in [0.2, 0.25) is 0 Å². The molecule has 136 valence electrons. The van der Waals surface area contributed by atoms with Crippen molar-refractivity contribution >= 4 is 37.9 Å². The minimum atomic E-state index is 1.09. The zero-order chi connectivity index (χ0) is 18.7. The lowest BCUT2D eigenvalue weighted by molar-refractivity contribution is 0.831. The molecule has 1 heterocycles. The number of aryl methyl sites for hydroxylation is 2. The largest absolute Gasteiger partial charge is 0.245 e. The van der Waals surface area contributed by atoms with Gasteiger partial charge >= 0.3 is 0 Å². The van der Waals surface area contributed by atoms with Crippen LogP contribution in [0.5, 0.6) is 0 Å². The predicted octanol–water partition coefficient (Wildman–Crippen LogP) is 7.47. The van der Waals surface area contributed by atoms with Crippen LogP contribution >= 0.6 is 11.3 Å². The molecule has 2 aliphatic carbocycles. The average molecular weight is 380 g/mol. The van der Waals surface area contributed by atoms with Gasteiger partial charge < -0.3 is 0 Å². The number of fused-ring (bicyclic) bond motifs is 5. The highest BCUT2D eigenvalue weighted by Crippen LogP contribution is 2.43. The van der Waals surface area contributed by atoms with Crippen molar-refractivity contribution in [2.24, 2.45) is 0 Å². The van der Waals surface area contributed by atoms with E-state index in [-0.39, 0.29) is 0 Å². The zero-order valence-corrected chi connectivity index (χ0v) is 16.8. The Balaban J connectivity index is 1.67. The standard InChI is InChI=1S/C26H21NS/c1-16-12-19-7-9-21-20-5-3-2-4-17(20)6-10-22(21)26(19)23(13-16)18-8-11-24-25(14-18)28-15-27-24/h3,5,7-9,11-15H,2,4,6,10H2,1H3. The van der Waals surface area contributed by atoms with Gasteiger partial charge in [0.15, 0.2) is 0 Å². The van der Waals surface area contributed by atoms with Crippen molar-refractivity contribution in [3.8, 4) is 11.1 Å². The normalized spacial score (nSPS) is 15.9. The summed E-state index contributed by atoms with van der Waals surface area (Å²) in [7, 11) is 0. The fourth-order valence-corrected chi connectivity index (χ4v) is 5.70. The third-order valence-corrected chi connectivity index (χ3v) is 7.05. The number of rotatable bonds is 1. The van der Waals surface area contributed by atoms with Crippen LogP contribution in [-0.4, -0.2) is 4.98 Å². The number of allylic oxidation sites excluding steroid dienone is 4. The molecule has 28 heavy (non-hydrogen) atoms. The second kappa shape index (κ2) is 6.15. The molecule has 0 aliphatic heterocycles. The lowest BCUT2D eigenvalue weighted by Gasteiger charge is -2.26. The molecule has 0 fully saturated rings. The molecule has 2 aliphatic rings. The van der Waals surface area contributed by atoms with Crippen molar-refractivity contribution in [3.05, 3.63) is 82.4 Å². The third-order valence-electron chi connectivity index (χ3n) is 6.26. The van der Waals surface area contributed by atoms with Gasteiger partial charge in [-0.1, -0.05) is 48.1 Å². The maximum absolute atomic E-state index is 4.45. The fraction of sp³-hybridized carbons (Fsp3) is 0.192. The molecule has 0 N–H and O–H groups in total. The number of benzene rings is 3. The van der Waals surface area contributed by atoms with E-state index in [1.807, 2.05) is 5.51 Å². The van der Waals surface area contributed by atoms with Crippen molar-refractivity contribution < 1.29 is 0 Å². The minimum Gasteiger partial charge on any atom is -0.245 e. The highest BCUT2D eigenvalue weighted by Gasteiger charge is 2.22. The molecule has 0 unspecified atom stereocenters. The van der Waals surface area contributed by atoms with Crippen LogP contribution in [0.4, 0.5) is 0 Å². The first-order valence-corrected chi connectivity index (χ1v) is 10.9. The lowest BCUT2D eigenvalue weighted by atomic mass is 9.78. The minimum absolute atomic E-state index is 1.09. The van der Waals surface area contributed by atoms with Crippen LogP contribution in [-0.2, 0) is 6.42 Å². The summed E-state index contributed by atoms with van der Waals surface area (Å²) in [6.07, 6.45) is 9.48. The Hall–Kier alpha value is -2.71. The summed E-state index contributed by atoms with van der Waals surface area (Å²) in [5, 5.41) is 2.81. The van der Waals surface area contributed by atoms with E-state index in [9.17, 15) is 0 Å². The first-order chi connectivity index (χ1) is 13.8. The van der Waals surface area contributed by atoms with E-state index in [1.165, 1.54) is 68.1 Å². The van der Waals surface area contributed by atoms with Gasteiger partial charge in [-0.3, -0.25) is 0 Å². The van der Waals surface area contributed by atoms with Gasteiger partial charge in [0, 0.05) is 0 Å². The molecule has 0 atom stereocenters. The van der Waals surface area contributed by atoms with Gasteiger partial charge in [-0.15, -0.1) is 11.3 Å². The SMILES string of the molecule is Cc1cc(-c2ccc3ncsc3c2)c2c3c(ccc2c1)C1=C(CCC=C1)CC3. The van der Waals surface area contributed by atoms with E-state index in [4.69, 9.17) is 0 Å². The average Bonchev–Trinajstić information content (AvgIpc) is 3.20. The summed E-state index contributed by atoms with van der Waals surface area (Å²) >= 11 is 1.72. The van der Waals surface area contributed by atoms with Gasteiger partial charge in [0.1, 0.15) is 0 Å². The molecule has 1 nitrogen and oxygen atoms in total. The van der Waals surface area contributed by atoms with E-state index in [0.29, 0.717) is 0 Å². The quantitative estimate of drug-likeness (QED) is 0.334. The molecule has 0 amide bonds.